The normalized spacial score (nSPS) is 19.8. The van der Waals surface area contributed by atoms with Crippen LogP contribution in [0.3, 0.4) is 0 Å². The van der Waals surface area contributed by atoms with Gasteiger partial charge in [-0.1, -0.05) is 0 Å². The van der Waals surface area contributed by atoms with Gasteiger partial charge in [0.25, 0.3) is 0 Å². The maximum Gasteiger partial charge on any atom is 0.213 e. The highest BCUT2D eigenvalue weighted by atomic mass is 32.2. The molecular formula is C16H18N4O2S. The Morgan fingerprint density at radius 2 is 2.22 bits per heavy atom. The molecule has 1 N–H and O–H groups in total. The molecule has 0 spiro atoms. The highest BCUT2D eigenvalue weighted by molar-refractivity contribution is 7.89. The Labute approximate surface area is 134 Å². The fourth-order valence-corrected chi connectivity index (χ4v) is 4.59. The van der Waals surface area contributed by atoms with Crippen LogP contribution in [-0.2, 0) is 10.0 Å². The summed E-state index contributed by atoms with van der Waals surface area (Å²) in [6.45, 7) is 2.81. The molecule has 1 unspecified atom stereocenters. The Bertz CT molecular complexity index is 980. The highest BCUT2D eigenvalue weighted by Crippen LogP contribution is 2.35. The lowest BCUT2D eigenvalue weighted by Gasteiger charge is -2.16. The van der Waals surface area contributed by atoms with E-state index < -0.39 is 10.0 Å². The summed E-state index contributed by atoms with van der Waals surface area (Å²) in [7, 11) is -3.13. The molecule has 3 aromatic heterocycles. The van der Waals surface area contributed by atoms with Crippen LogP contribution in [0, 0.1) is 0 Å². The molecule has 0 amide bonds. The molecule has 0 aromatic carbocycles. The van der Waals surface area contributed by atoms with Gasteiger partial charge in [0.15, 0.2) is 0 Å². The largest absolute Gasteiger partial charge is 0.346 e. The molecule has 4 rings (SSSR count). The van der Waals surface area contributed by atoms with E-state index >= 15 is 0 Å². The number of hydrogen-bond acceptors (Lipinski definition) is 4. The van der Waals surface area contributed by atoms with E-state index in [0.29, 0.717) is 13.1 Å². The van der Waals surface area contributed by atoms with E-state index in [1.807, 2.05) is 30.9 Å². The molecule has 0 aliphatic carbocycles. The van der Waals surface area contributed by atoms with Gasteiger partial charge in [-0.3, -0.25) is 4.98 Å². The van der Waals surface area contributed by atoms with Gasteiger partial charge in [-0.25, -0.2) is 17.7 Å². The standard InChI is InChI=1S/C16H18N4O2S/c1-2-23(21,22)20-6-4-11(10-20)14-9-17-7-12-8-19-16-13(15(12)14)3-5-18-16/h3,5,7-9,11H,2,4,6,10H2,1H3,(H,18,19). The summed E-state index contributed by atoms with van der Waals surface area (Å²) < 4.78 is 25.8. The Hall–Kier alpha value is -1.99. The first kappa shape index (κ1) is 14.6. The smallest absolute Gasteiger partial charge is 0.213 e. The summed E-state index contributed by atoms with van der Waals surface area (Å²) in [5, 5.41) is 3.19. The van der Waals surface area contributed by atoms with Crippen molar-refractivity contribution in [1.82, 2.24) is 19.3 Å². The average molecular weight is 330 g/mol. The van der Waals surface area contributed by atoms with Gasteiger partial charge in [0.2, 0.25) is 10.0 Å². The molecule has 0 saturated carbocycles. The van der Waals surface area contributed by atoms with Crippen LogP contribution in [0.1, 0.15) is 24.8 Å². The maximum absolute atomic E-state index is 12.1. The number of nitrogens with zero attached hydrogens (tertiary/aromatic N) is 3. The number of aromatic nitrogens is 3. The van der Waals surface area contributed by atoms with Crippen LogP contribution in [0.4, 0.5) is 0 Å². The van der Waals surface area contributed by atoms with E-state index in [4.69, 9.17) is 0 Å². The SMILES string of the molecule is CCS(=O)(=O)N1CCC(c2cncc3cnc4[nH]ccc4c23)C1. The van der Waals surface area contributed by atoms with Gasteiger partial charge in [0.05, 0.1) is 5.75 Å². The lowest BCUT2D eigenvalue weighted by Crippen LogP contribution is -2.29. The number of aromatic amines is 1. The van der Waals surface area contributed by atoms with Crippen molar-refractivity contribution in [3.05, 3.63) is 36.4 Å². The molecule has 1 fully saturated rings. The zero-order valence-corrected chi connectivity index (χ0v) is 13.7. The minimum Gasteiger partial charge on any atom is -0.346 e. The predicted molar refractivity (Wildman–Crippen MR) is 89.8 cm³/mol. The molecule has 1 aliphatic rings. The lowest BCUT2D eigenvalue weighted by atomic mass is 9.94. The molecule has 23 heavy (non-hydrogen) atoms. The Morgan fingerprint density at radius 1 is 1.35 bits per heavy atom. The van der Waals surface area contributed by atoms with Crippen LogP contribution in [0.25, 0.3) is 21.8 Å². The topological polar surface area (TPSA) is 79.0 Å². The average Bonchev–Trinajstić information content (AvgIpc) is 3.23. The Kier molecular flexibility index (Phi) is 3.35. The zero-order chi connectivity index (χ0) is 16.0. The van der Waals surface area contributed by atoms with E-state index in [0.717, 1.165) is 33.8 Å². The molecule has 3 aromatic rings. The summed E-state index contributed by atoms with van der Waals surface area (Å²) >= 11 is 0. The summed E-state index contributed by atoms with van der Waals surface area (Å²) in [4.78, 5) is 11.9. The van der Waals surface area contributed by atoms with Crippen molar-refractivity contribution >= 4 is 31.8 Å². The van der Waals surface area contributed by atoms with Crippen LogP contribution in [0.2, 0.25) is 0 Å². The number of pyridine rings is 2. The summed E-state index contributed by atoms with van der Waals surface area (Å²) in [5.41, 5.74) is 1.96. The number of nitrogens with one attached hydrogen (secondary N) is 1. The molecule has 1 atom stereocenters. The molecule has 1 aliphatic heterocycles. The van der Waals surface area contributed by atoms with Gasteiger partial charge in [-0.05, 0) is 25.0 Å². The molecule has 0 bridgehead atoms. The van der Waals surface area contributed by atoms with Crippen LogP contribution in [0.5, 0.6) is 0 Å². The molecule has 4 heterocycles. The van der Waals surface area contributed by atoms with E-state index in [1.165, 1.54) is 0 Å². The van der Waals surface area contributed by atoms with Crippen molar-refractivity contribution in [3.63, 3.8) is 0 Å². The van der Waals surface area contributed by atoms with Crippen LogP contribution in [-0.4, -0.2) is 46.5 Å². The second-order valence-electron chi connectivity index (χ2n) is 5.94. The van der Waals surface area contributed by atoms with E-state index in [1.54, 1.807) is 11.2 Å². The molecule has 6 nitrogen and oxygen atoms in total. The first-order chi connectivity index (χ1) is 11.1. The quantitative estimate of drug-likeness (QED) is 0.799. The van der Waals surface area contributed by atoms with Crippen molar-refractivity contribution in [2.24, 2.45) is 0 Å². The van der Waals surface area contributed by atoms with Crippen LogP contribution >= 0.6 is 0 Å². The number of fused-ring (bicyclic) bond motifs is 3. The van der Waals surface area contributed by atoms with E-state index in [9.17, 15) is 8.42 Å². The number of rotatable bonds is 3. The predicted octanol–water partition coefficient (Wildman–Crippen LogP) is 2.25. The summed E-state index contributed by atoms with van der Waals surface area (Å²) in [6, 6.07) is 2.02. The fourth-order valence-electron chi connectivity index (χ4n) is 3.43. The van der Waals surface area contributed by atoms with Crippen molar-refractivity contribution < 1.29 is 8.42 Å². The van der Waals surface area contributed by atoms with Crippen molar-refractivity contribution in [1.29, 1.82) is 0 Å². The van der Waals surface area contributed by atoms with Gasteiger partial charge in [-0.2, -0.15) is 0 Å². The molecule has 0 radical (unpaired) electrons. The fraction of sp³-hybridized carbons (Fsp3) is 0.375. The molecule has 120 valence electrons. The lowest BCUT2D eigenvalue weighted by molar-refractivity contribution is 0.474. The molecule has 7 heteroatoms. The minimum absolute atomic E-state index is 0.152. The minimum atomic E-state index is -3.13. The van der Waals surface area contributed by atoms with Crippen molar-refractivity contribution in [2.75, 3.05) is 18.8 Å². The van der Waals surface area contributed by atoms with Gasteiger partial charge >= 0.3 is 0 Å². The first-order valence-corrected chi connectivity index (χ1v) is 9.38. The van der Waals surface area contributed by atoms with E-state index in [2.05, 4.69) is 15.0 Å². The maximum atomic E-state index is 12.1. The number of hydrogen-bond donors (Lipinski definition) is 1. The summed E-state index contributed by atoms with van der Waals surface area (Å²) in [6.07, 6.45) is 8.22. The summed E-state index contributed by atoms with van der Waals surface area (Å²) in [5.74, 6) is 0.326. The van der Waals surface area contributed by atoms with Crippen LogP contribution < -0.4 is 0 Å². The van der Waals surface area contributed by atoms with E-state index in [-0.39, 0.29) is 11.7 Å². The Balaban J connectivity index is 1.82. The third-order valence-electron chi connectivity index (χ3n) is 4.68. The third kappa shape index (κ3) is 2.31. The second-order valence-corrected chi connectivity index (χ2v) is 8.19. The van der Waals surface area contributed by atoms with Crippen molar-refractivity contribution in [2.45, 2.75) is 19.3 Å². The van der Waals surface area contributed by atoms with Gasteiger partial charge in [0, 0.05) is 60.0 Å². The molecular weight excluding hydrogens is 312 g/mol. The monoisotopic (exact) mass is 330 g/mol. The van der Waals surface area contributed by atoms with Crippen molar-refractivity contribution in [3.8, 4) is 0 Å². The highest BCUT2D eigenvalue weighted by Gasteiger charge is 2.32. The first-order valence-electron chi connectivity index (χ1n) is 7.77. The number of sulfonamides is 1. The molecule has 1 saturated heterocycles. The third-order valence-corrected chi connectivity index (χ3v) is 6.53. The van der Waals surface area contributed by atoms with Gasteiger partial charge < -0.3 is 4.98 Å². The Morgan fingerprint density at radius 3 is 3.04 bits per heavy atom. The van der Waals surface area contributed by atoms with Gasteiger partial charge in [-0.15, -0.1) is 0 Å². The second kappa shape index (κ2) is 5.28. The van der Waals surface area contributed by atoms with Crippen LogP contribution in [0.15, 0.2) is 30.9 Å². The number of H-pyrrole nitrogens is 1. The van der Waals surface area contributed by atoms with Gasteiger partial charge in [0.1, 0.15) is 5.65 Å². The zero-order valence-electron chi connectivity index (χ0n) is 12.9.